The van der Waals surface area contributed by atoms with E-state index in [9.17, 15) is 4.79 Å². The first-order chi connectivity index (χ1) is 9.60. The maximum Gasteiger partial charge on any atom is 0.227 e. The minimum atomic E-state index is -0.0602. The van der Waals surface area contributed by atoms with Gasteiger partial charge in [-0.05, 0) is 24.9 Å². The van der Waals surface area contributed by atoms with Crippen LogP contribution in [-0.4, -0.2) is 25.0 Å². The molecule has 1 aromatic carbocycles. The summed E-state index contributed by atoms with van der Waals surface area (Å²) in [6.45, 7) is 10.0. The molecule has 1 rings (SSSR count). The molecule has 21 heavy (non-hydrogen) atoms. The number of hydrogen-bond acceptors (Lipinski definition) is 2. The SMILES string of the molecule is CCN[C@H](C)CNC(=O)C(c1ccccc1)C(C)CC.Cl. The molecule has 0 spiro atoms. The van der Waals surface area contributed by atoms with Crippen LogP contribution < -0.4 is 10.6 Å². The maximum atomic E-state index is 12.5. The summed E-state index contributed by atoms with van der Waals surface area (Å²) in [7, 11) is 0. The second-order valence-corrected chi connectivity index (χ2v) is 5.48. The first-order valence-electron chi connectivity index (χ1n) is 7.66. The summed E-state index contributed by atoms with van der Waals surface area (Å²) >= 11 is 0. The molecular formula is C17H29ClN2O. The lowest BCUT2D eigenvalue weighted by atomic mass is 9.85. The van der Waals surface area contributed by atoms with Gasteiger partial charge in [-0.1, -0.05) is 57.5 Å². The zero-order chi connectivity index (χ0) is 15.0. The number of halogens is 1. The molecule has 0 aliphatic rings. The van der Waals surface area contributed by atoms with Crippen molar-refractivity contribution >= 4 is 18.3 Å². The normalized spacial score (nSPS) is 14.7. The highest BCUT2D eigenvalue weighted by atomic mass is 35.5. The molecule has 2 N–H and O–H groups in total. The van der Waals surface area contributed by atoms with Crippen LogP contribution >= 0.6 is 12.4 Å². The second-order valence-electron chi connectivity index (χ2n) is 5.48. The molecule has 3 atom stereocenters. The number of hydrogen-bond donors (Lipinski definition) is 2. The Morgan fingerprint density at radius 2 is 1.76 bits per heavy atom. The number of carbonyl (C=O) groups is 1. The van der Waals surface area contributed by atoms with Gasteiger partial charge < -0.3 is 10.6 Å². The molecular weight excluding hydrogens is 284 g/mol. The summed E-state index contributed by atoms with van der Waals surface area (Å²) in [5.74, 6) is 0.414. The Hall–Kier alpha value is -1.06. The van der Waals surface area contributed by atoms with Gasteiger partial charge >= 0.3 is 0 Å². The molecule has 0 bridgehead atoms. The third-order valence-electron chi connectivity index (χ3n) is 3.79. The van der Waals surface area contributed by atoms with E-state index in [0.717, 1.165) is 18.5 Å². The van der Waals surface area contributed by atoms with Crippen LogP contribution in [0.1, 0.15) is 45.6 Å². The van der Waals surface area contributed by atoms with Gasteiger partial charge in [-0.3, -0.25) is 4.79 Å². The minimum Gasteiger partial charge on any atom is -0.354 e. The molecule has 0 radical (unpaired) electrons. The largest absolute Gasteiger partial charge is 0.354 e. The van der Waals surface area contributed by atoms with E-state index in [1.807, 2.05) is 30.3 Å². The molecule has 0 saturated heterocycles. The zero-order valence-electron chi connectivity index (χ0n) is 13.6. The lowest BCUT2D eigenvalue weighted by molar-refractivity contribution is -0.123. The molecule has 4 heteroatoms. The lowest BCUT2D eigenvalue weighted by Crippen LogP contribution is -2.41. The van der Waals surface area contributed by atoms with Crippen molar-refractivity contribution in [3.8, 4) is 0 Å². The van der Waals surface area contributed by atoms with Crippen LogP contribution in [0, 0.1) is 5.92 Å². The first kappa shape index (κ1) is 19.9. The number of amides is 1. The van der Waals surface area contributed by atoms with Gasteiger partial charge in [0.15, 0.2) is 0 Å². The molecule has 0 heterocycles. The highest BCUT2D eigenvalue weighted by Gasteiger charge is 2.25. The van der Waals surface area contributed by atoms with Crippen molar-refractivity contribution in [2.45, 2.75) is 46.1 Å². The molecule has 1 amide bonds. The monoisotopic (exact) mass is 312 g/mol. The topological polar surface area (TPSA) is 41.1 Å². The van der Waals surface area contributed by atoms with Crippen molar-refractivity contribution in [2.75, 3.05) is 13.1 Å². The quantitative estimate of drug-likeness (QED) is 0.773. The zero-order valence-corrected chi connectivity index (χ0v) is 14.4. The molecule has 0 aromatic heterocycles. The molecule has 0 fully saturated rings. The third kappa shape index (κ3) is 6.49. The van der Waals surface area contributed by atoms with Crippen molar-refractivity contribution in [3.63, 3.8) is 0 Å². The third-order valence-corrected chi connectivity index (χ3v) is 3.79. The fourth-order valence-electron chi connectivity index (χ4n) is 2.42. The van der Waals surface area contributed by atoms with Crippen molar-refractivity contribution in [1.82, 2.24) is 10.6 Å². The predicted molar refractivity (Wildman–Crippen MR) is 92.0 cm³/mol. The van der Waals surface area contributed by atoms with Crippen molar-refractivity contribution in [2.24, 2.45) is 5.92 Å². The van der Waals surface area contributed by atoms with Gasteiger partial charge in [0, 0.05) is 12.6 Å². The highest BCUT2D eigenvalue weighted by Crippen LogP contribution is 2.26. The molecule has 2 unspecified atom stereocenters. The number of likely N-dealkylation sites (N-methyl/N-ethyl adjacent to an activating group) is 1. The lowest BCUT2D eigenvalue weighted by Gasteiger charge is -2.24. The van der Waals surface area contributed by atoms with Crippen molar-refractivity contribution < 1.29 is 4.79 Å². The predicted octanol–water partition coefficient (Wildman–Crippen LogP) is 3.35. The molecule has 0 saturated carbocycles. The summed E-state index contributed by atoms with van der Waals surface area (Å²) in [6, 6.07) is 10.4. The highest BCUT2D eigenvalue weighted by molar-refractivity contribution is 5.85. The van der Waals surface area contributed by atoms with Crippen LogP contribution in [0.5, 0.6) is 0 Å². The van der Waals surface area contributed by atoms with E-state index in [0.29, 0.717) is 18.5 Å². The van der Waals surface area contributed by atoms with Crippen LogP contribution in [0.15, 0.2) is 30.3 Å². The number of rotatable bonds is 8. The number of benzene rings is 1. The van der Waals surface area contributed by atoms with Crippen LogP contribution in [0.2, 0.25) is 0 Å². The van der Waals surface area contributed by atoms with E-state index < -0.39 is 0 Å². The van der Waals surface area contributed by atoms with E-state index in [2.05, 4.69) is 38.3 Å². The van der Waals surface area contributed by atoms with Gasteiger partial charge in [0.25, 0.3) is 0 Å². The Morgan fingerprint density at radius 1 is 1.14 bits per heavy atom. The van der Waals surface area contributed by atoms with E-state index in [-0.39, 0.29) is 24.2 Å². The van der Waals surface area contributed by atoms with Gasteiger partial charge in [-0.2, -0.15) is 0 Å². The summed E-state index contributed by atoms with van der Waals surface area (Å²) in [5, 5.41) is 6.39. The van der Waals surface area contributed by atoms with Crippen LogP contribution in [0.4, 0.5) is 0 Å². The van der Waals surface area contributed by atoms with Gasteiger partial charge in [0.1, 0.15) is 0 Å². The van der Waals surface area contributed by atoms with Crippen molar-refractivity contribution in [3.05, 3.63) is 35.9 Å². The Morgan fingerprint density at radius 3 is 2.29 bits per heavy atom. The minimum absolute atomic E-state index is 0. The Kier molecular flexibility index (Phi) is 10.1. The number of carbonyl (C=O) groups excluding carboxylic acids is 1. The van der Waals surface area contributed by atoms with Gasteiger partial charge in [-0.15, -0.1) is 12.4 Å². The Balaban J connectivity index is 0.00000400. The van der Waals surface area contributed by atoms with Gasteiger partial charge in [-0.25, -0.2) is 0 Å². The fourth-order valence-corrected chi connectivity index (χ4v) is 2.42. The standard InChI is InChI=1S/C17H28N2O.ClH/c1-5-13(3)16(15-10-8-7-9-11-15)17(20)19-12-14(4)18-6-2;/h7-11,13-14,16,18H,5-6,12H2,1-4H3,(H,19,20);1H/t13?,14-,16?;/m1./s1. The van der Waals surface area contributed by atoms with E-state index in [4.69, 9.17) is 0 Å². The summed E-state index contributed by atoms with van der Waals surface area (Å²) in [5.41, 5.74) is 1.11. The fraction of sp³-hybridized carbons (Fsp3) is 0.588. The molecule has 120 valence electrons. The van der Waals surface area contributed by atoms with Gasteiger partial charge in [0.2, 0.25) is 5.91 Å². The average molecular weight is 313 g/mol. The number of nitrogens with one attached hydrogen (secondary N) is 2. The van der Waals surface area contributed by atoms with Crippen LogP contribution in [0.3, 0.4) is 0 Å². The summed E-state index contributed by atoms with van der Waals surface area (Å²) in [4.78, 5) is 12.5. The first-order valence-corrected chi connectivity index (χ1v) is 7.66. The average Bonchev–Trinajstić information content (AvgIpc) is 2.46. The summed E-state index contributed by atoms with van der Waals surface area (Å²) < 4.78 is 0. The van der Waals surface area contributed by atoms with E-state index in [1.54, 1.807) is 0 Å². The Labute approximate surface area is 135 Å². The smallest absolute Gasteiger partial charge is 0.227 e. The summed E-state index contributed by atoms with van der Waals surface area (Å²) in [6.07, 6.45) is 0.996. The molecule has 1 aromatic rings. The van der Waals surface area contributed by atoms with E-state index >= 15 is 0 Å². The molecule has 0 aliphatic heterocycles. The van der Waals surface area contributed by atoms with Crippen LogP contribution in [-0.2, 0) is 4.79 Å². The maximum absolute atomic E-state index is 12.5. The second kappa shape index (κ2) is 10.6. The van der Waals surface area contributed by atoms with E-state index in [1.165, 1.54) is 0 Å². The van der Waals surface area contributed by atoms with Gasteiger partial charge in [0.05, 0.1) is 5.92 Å². The Bertz CT molecular complexity index is 397. The molecule has 3 nitrogen and oxygen atoms in total. The van der Waals surface area contributed by atoms with Crippen molar-refractivity contribution in [1.29, 1.82) is 0 Å². The molecule has 0 aliphatic carbocycles. The van der Waals surface area contributed by atoms with Crippen LogP contribution in [0.25, 0.3) is 0 Å².